The van der Waals surface area contributed by atoms with Crippen molar-refractivity contribution < 1.29 is 5.11 Å². The molecule has 2 atom stereocenters. The van der Waals surface area contributed by atoms with Crippen LogP contribution in [0.15, 0.2) is 91.0 Å². The molecule has 27 heavy (non-hydrogen) atoms. The van der Waals surface area contributed by atoms with E-state index in [0.29, 0.717) is 5.92 Å². The monoisotopic (exact) mass is 359 g/mol. The molecular weight excluding hydrogens is 330 g/mol. The van der Waals surface area contributed by atoms with Crippen LogP contribution in [-0.4, -0.2) is 16.0 Å². The van der Waals surface area contributed by atoms with Gasteiger partial charge in [0.2, 0.25) is 0 Å². The molecule has 0 saturated heterocycles. The Morgan fingerprint density at radius 2 is 1.07 bits per heavy atom. The summed E-state index contributed by atoms with van der Waals surface area (Å²) in [5.74, 6) is 0.313. The Morgan fingerprint density at radius 1 is 0.667 bits per heavy atom. The predicted octanol–water partition coefficient (Wildman–Crippen LogP) is 5.45. The molecule has 140 valence electrons. The minimum atomic E-state index is -0.529. The van der Waals surface area contributed by atoms with Crippen molar-refractivity contribution >= 4 is 0 Å². The molecule has 0 bridgehead atoms. The van der Waals surface area contributed by atoms with Crippen molar-refractivity contribution in [2.24, 2.45) is 5.92 Å². The number of benzene rings is 3. The lowest BCUT2D eigenvalue weighted by molar-refractivity contribution is 0.0129. The topological polar surface area (TPSA) is 23.5 Å². The minimum Gasteiger partial charge on any atom is -0.387 e. The first kappa shape index (κ1) is 19.3. The highest BCUT2D eigenvalue weighted by Gasteiger charge is 2.30. The van der Waals surface area contributed by atoms with Crippen LogP contribution in [0.3, 0.4) is 0 Å². The van der Waals surface area contributed by atoms with Crippen molar-refractivity contribution in [1.29, 1.82) is 0 Å². The second-order valence-electron chi connectivity index (χ2n) is 7.47. The third kappa shape index (κ3) is 5.29. The standard InChI is InChI=1S/C25H29NO/c1-20(2)24(25(27)23-16-10-5-11-17-23)26(18-21-12-6-3-7-13-21)19-22-14-8-4-9-15-22/h3-17,20,24-25,27H,18-19H2,1-2H3/t24-,25-/m0/s1. The summed E-state index contributed by atoms with van der Waals surface area (Å²) in [5, 5.41) is 11.2. The average molecular weight is 360 g/mol. The third-order valence-electron chi connectivity index (χ3n) is 5.03. The molecule has 3 rings (SSSR count). The van der Waals surface area contributed by atoms with Crippen LogP contribution in [0.1, 0.15) is 36.6 Å². The van der Waals surface area contributed by atoms with E-state index in [1.165, 1.54) is 11.1 Å². The van der Waals surface area contributed by atoms with E-state index in [0.717, 1.165) is 18.7 Å². The molecule has 1 N–H and O–H groups in total. The van der Waals surface area contributed by atoms with E-state index in [1.54, 1.807) is 0 Å². The first-order valence-electron chi connectivity index (χ1n) is 9.70. The fourth-order valence-corrected chi connectivity index (χ4v) is 3.74. The second kappa shape index (κ2) is 9.50. The van der Waals surface area contributed by atoms with Crippen LogP contribution in [0.4, 0.5) is 0 Å². The molecule has 3 aromatic carbocycles. The molecule has 0 heterocycles. The maximum absolute atomic E-state index is 11.2. The van der Waals surface area contributed by atoms with Gasteiger partial charge in [-0.25, -0.2) is 0 Å². The number of nitrogens with zero attached hydrogens (tertiary/aromatic N) is 1. The van der Waals surface area contributed by atoms with E-state index < -0.39 is 6.10 Å². The van der Waals surface area contributed by atoms with Crippen LogP contribution in [0.2, 0.25) is 0 Å². The van der Waals surface area contributed by atoms with Crippen LogP contribution >= 0.6 is 0 Å². The Labute approximate surface area is 163 Å². The molecular formula is C25H29NO. The zero-order valence-corrected chi connectivity index (χ0v) is 16.2. The van der Waals surface area contributed by atoms with E-state index in [2.05, 4.69) is 67.3 Å². The minimum absolute atomic E-state index is 0.0211. The van der Waals surface area contributed by atoms with Gasteiger partial charge in [0.25, 0.3) is 0 Å². The van der Waals surface area contributed by atoms with E-state index in [4.69, 9.17) is 0 Å². The molecule has 0 fully saturated rings. The fraction of sp³-hybridized carbons (Fsp3) is 0.280. The fourth-order valence-electron chi connectivity index (χ4n) is 3.74. The summed E-state index contributed by atoms with van der Waals surface area (Å²) >= 11 is 0. The number of aliphatic hydroxyl groups excluding tert-OH is 1. The first-order chi connectivity index (χ1) is 13.1. The predicted molar refractivity (Wildman–Crippen MR) is 112 cm³/mol. The third-order valence-corrected chi connectivity index (χ3v) is 5.03. The molecule has 0 saturated carbocycles. The number of hydrogen-bond donors (Lipinski definition) is 1. The molecule has 2 nitrogen and oxygen atoms in total. The summed E-state index contributed by atoms with van der Waals surface area (Å²) < 4.78 is 0. The zero-order chi connectivity index (χ0) is 19.1. The van der Waals surface area contributed by atoms with Crippen molar-refractivity contribution in [3.8, 4) is 0 Å². The summed E-state index contributed by atoms with van der Waals surface area (Å²) in [6.45, 7) is 6.00. The van der Waals surface area contributed by atoms with Crippen molar-refractivity contribution in [2.45, 2.75) is 39.1 Å². The maximum Gasteiger partial charge on any atom is 0.0947 e. The molecule has 3 aromatic rings. The first-order valence-corrected chi connectivity index (χ1v) is 9.70. The molecule has 0 aliphatic rings. The van der Waals surface area contributed by atoms with Gasteiger partial charge in [-0.15, -0.1) is 0 Å². The van der Waals surface area contributed by atoms with Gasteiger partial charge in [-0.2, -0.15) is 0 Å². The molecule has 0 aliphatic heterocycles. The summed E-state index contributed by atoms with van der Waals surface area (Å²) in [6.07, 6.45) is -0.529. The SMILES string of the molecule is CC(C)[C@@H]([C@@H](O)c1ccccc1)N(Cc1ccccc1)Cc1ccccc1. The smallest absolute Gasteiger partial charge is 0.0947 e. The van der Waals surface area contributed by atoms with Crippen LogP contribution in [-0.2, 0) is 13.1 Å². The molecule has 2 heteroatoms. The van der Waals surface area contributed by atoms with Crippen molar-refractivity contribution in [2.75, 3.05) is 0 Å². The van der Waals surface area contributed by atoms with Gasteiger partial charge in [0.05, 0.1) is 6.10 Å². The lowest BCUT2D eigenvalue weighted by Crippen LogP contribution is -2.42. The Bertz CT molecular complexity index is 745. The summed E-state index contributed by atoms with van der Waals surface area (Å²) in [7, 11) is 0. The Morgan fingerprint density at radius 3 is 1.48 bits per heavy atom. The van der Waals surface area contributed by atoms with E-state index >= 15 is 0 Å². The second-order valence-corrected chi connectivity index (χ2v) is 7.47. The van der Waals surface area contributed by atoms with Gasteiger partial charge in [0.15, 0.2) is 0 Å². The van der Waals surface area contributed by atoms with Crippen LogP contribution < -0.4 is 0 Å². The lowest BCUT2D eigenvalue weighted by Gasteiger charge is -2.38. The van der Waals surface area contributed by atoms with Gasteiger partial charge < -0.3 is 5.11 Å². The lowest BCUT2D eigenvalue weighted by atomic mass is 9.91. The molecule has 0 spiro atoms. The molecule has 0 aromatic heterocycles. The van der Waals surface area contributed by atoms with Crippen LogP contribution in [0.5, 0.6) is 0 Å². The van der Waals surface area contributed by atoms with Crippen LogP contribution in [0, 0.1) is 5.92 Å². The highest BCUT2D eigenvalue weighted by Crippen LogP contribution is 2.29. The van der Waals surface area contributed by atoms with Crippen molar-refractivity contribution in [1.82, 2.24) is 4.90 Å². The number of aliphatic hydroxyl groups is 1. The molecule has 0 amide bonds. The zero-order valence-electron chi connectivity index (χ0n) is 16.2. The largest absolute Gasteiger partial charge is 0.387 e. The van der Waals surface area contributed by atoms with Gasteiger partial charge in [-0.3, -0.25) is 4.90 Å². The van der Waals surface area contributed by atoms with E-state index in [9.17, 15) is 5.11 Å². The van der Waals surface area contributed by atoms with Crippen LogP contribution in [0.25, 0.3) is 0 Å². The summed E-state index contributed by atoms with van der Waals surface area (Å²) in [6, 6.07) is 31.1. The summed E-state index contributed by atoms with van der Waals surface area (Å²) in [5.41, 5.74) is 3.50. The van der Waals surface area contributed by atoms with Crippen molar-refractivity contribution in [3.63, 3.8) is 0 Å². The van der Waals surface area contributed by atoms with Gasteiger partial charge in [0, 0.05) is 19.1 Å². The normalized spacial score (nSPS) is 13.7. The number of hydrogen-bond acceptors (Lipinski definition) is 2. The molecule has 0 unspecified atom stereocenters. The highest BCUT2D eigenvalue weighted by molar-refractivity contribution is 5.21. The molecule has 0 aliphatic carbocycles. The Kier molecular flexibility index (Phi) is 6.80. The van der Waals surface area contributed by atoms with Gasteiger partial charge in [0.1, 0.15) is 0 Å². The quantitative estimate of drug-likeness (QED) is 0.578. The highest BCUT2D eigenvalue weighted by atomic mass is 16.3. The Balaban J connectivity index is 1.92. The number of rotatable bonds is 8. The molecule has 0 radical (unpaired) electrons. The van der Waals surface area contributed by atoms with Gasteiger partial charge >= 0.3 is 0 Å². The van der Waals surface area contributed by atoms with Gasteiger partial charge in [-0.1, -0.05) is 105 Å². The summed E-state index contributed by atoms with van der Waals surface area (Å²) in [4.78, 5) is 2.41. The van der Waals surface area contributed by atoms with Gasteiger partial charge in [-0.05, 0) is 22.6 Å². The average Bonchev–Trinajstić information content (AvgIpc) is 2.70. The van der Waals surface area contributed by atoms with E-state index in [-0.39, 0.29) is 6.04 Å². The maximum atomic E-state index is 11.2. The van der Waals surface area contributed by atoms with Crippen molar-refractivity contribution in [3.05, 3.63) is 108 Å². The Hall–Kier alpha value is -2.42. The van der Waals surface area contributed by atoms with E-state index in [1.807, 2.05) is 42.5 Å².